The Morgan fingerprint density at radius 3 is 2.69 bits per heavy atom. The summed E-state index contributed by atoms with van der Waals surface area (Å²) >= 11 is 0. The number of fused-ring (bicyclic) bond motifs is 2. The number of benzene rings is 1. The van der Waals surface area contributed by atoms with E-state index in [0.29, 0.717) is 35.9 Å². The van der Waals surface area contributed by atoms with Gasteiger partial charge in [-0.25, -0.2) is 0 Å². The molecule has 0 radical (unpaired) electrons. The first-order chi connectivity index (χ1) is 12.0. The number of anilines is 1. The highest BCUT2D eigenvalue weighted by molar-refractivity contribution is 5.66. The van der Waals surface area contributed by atoms with Gasteiger partial charge in [-0.3, -0.25) is 4.48 Å². The van der Waals surface area contributed by atoms with Gasteiger partial charge in [-0.05, 0) is 24.0 Å². The molecule has 7 rings (SSSR count). The molecule has 1 aromatic carbocycles. The van der Waals surface area contributed by atoms with E-state index in [1.807, 2.05) is 0 Å². The molecule has 0 amide bonds. The Hall–Kier alpha value is -0.370. The third-order valence-corrected chi connectivity index (χ3v) is 9.39. The first kappa shape index (κ1) is 17.7. The SMILES string of the molecule is CC[C@@H]1[C@@H](O)[N+]2(C)C3C[C@H]1C1[C@@H](O)[C@]4(C[C@@H]12)c1ccccc1N(C)[C@@H]34.[I-]. The minimum atomic E-state index is -0.273. The average Bonchev–Trinajstić information content (AvgIpc) is 2.99. The molecule has 5 bridgehead atoms. The predicted molar refractivity (Wildman–Crippen MR) is 96.1 cm³/mol. The first-order valence-corrected chi connectivity index (χ1v) is 10.0. The van der Waals surface area contributed by atoms with E-state index in [1.54, 1.807) is 0 Å². The van der Waals surface area contributed by atoms with Crippen molar-refractivity contribution in [2.75, 3.05) is 19.0 Å². The van der Waals surface area contributed by atoms with Crippen molar-refractivity contribution < 1.29 is 38.7 Å². The van der Waals surface area contributed by atoms with Gasteiger partial charge in [0.05, 0.1) is 30.7 Å². The summed E-state index contributed by atoms with van der Waals surface area (Å²) in [6.45, 7) is 2.21. The quantitative estimate of drug-likeness (QED) is 0.398. The van der Waals surface area contributed by atoms with Crippen LogP contribution in [0.1, 0.15) is 31.7 Å². The fourth-order valence-corrected chi connectivity index (χ4v) is 8.58. The molecule has 1 saturated carbocycles. The molecule has 5 aliphatic heterocycles. The van der Waals surface area contributed by atoms with Crippen LogP contribution >= 0.6 is 0 Å². The molecule has 5 heterocycles. The van der Waals surface area contributed by atoms with E-state index in [4.69, 9.17) is 0 Å². The van der Waals surface area contributed by atoms with Gasteiger partial charge in [0.1, 0.15) is 6.04 Å². The van der Waals surface area contributed by atoms with Crippen LogP contribution in [0.15, 0.2) is 24.3 Å². The van der Waals surface area contributed by atoms with Crippen molar-refractivity contribution in [2.24, 2.45) is 17.8 Å². The van der Waals surface area contributed by atoms with Gasteiger partial charge in [0, 0.05) is 37.4 Å². The minimum Gasteiger partial charge on any atom is -1.00 e. The van der Waals surface area contributed by atoms with Crippen molar-refractivity contribution in [1.82, 2.24) is 0 Å². The maximum absolute atomic E-state index is 11.7. The summed E-state index contributed by atoms with van der Waals surface area (Å²) < 4.78 is 0.779. The number of halogens is 1. The fraction of sp³-hybridized carbons (Fsp3) is 0.714. The van der Waals surface area contributed by atoms with E-state index in [2.05, 4.69) is 50.2 Å². The number of rotatable bonds is 1. The normalized spacial score (nSPS) is 54.9. The molecule has 2 N–H and O–H groups in total. The van der Waals surface area contributed by atoms with E-state index in [9.17, 15) is 10.2 Å². The molecule has 5 fully saturated rings. The van der Waals surface area contributed by atoms with Gasteiger partial charge in [0.2, 0.25) is 0 Å². The Morgan fingerprint density at radius 1 is 1.23 bits per heavy atom. The molecular weight excluding hydrogens is 439 g/mol. The van der Waals surface area contributed by atoms with Gasteiger partial charge in [-0.1, -0.05) is 25.1 Å². The predicted octanol–water partition coefficient (Wildman–Crippen LogP) is -1.30. The lowest BCUT2D eigenvalue weighted by molar-refractivity contribution is -1.02. The molecule has 4 nitrogen and oxygen atoms in total. The molecule has 142 valence electrons. The third kappa shape index (κ3) is 1.51. The molecule has 1 aliphatic carbocycles. The topological polar surface area (TPSA) is 43.7 Å². The Balaban J connectivity index is 0.00000150. The van der Waals surface area contributed by atoms with Crippen LogP contribution in [0.25, 0.3) is 0 Å². The molecular formula is C21H29IN2O2. The highest BCUT2D eigenvalue weighted by Crippen LogP contribution is 2.70. The zero-order valence-corrected chi connectivity index (χ0v) is 17.9. The summed E-state index contributed by atoms with van der Waals surface area (Å²) in [5.41, 5.74) is 2.54. The zero-order valence-electron chi connectivity index (χ0n) is 15.7. The van der Waals surface area contributed by atoms with Crippen LogP contribution < -0.4 is 28.9 Å². The first-order valence-electron chi connectivity index (χ1n) is 10.0. The highest BCUT2D eigenvalue weighted by atomic mass is 127. The van der Waals surface area contributed by atoms with E-state index in [0.717, 1.165) is 23.7 Å². The van der Waals surface area contributed by atoms with Crippen LogP contribution in [0.3, 0.4) is 0 Å². The van der Waals surface area contributed by atoms with Crippen molar-refractivity contribution in [3.8, 4) is 0 Å². The maximum Gasteiger partial charge on any atom is 0.193 e. The van der Waals surface area contributed by atoms with Crippen molar-refractivity contribution in [1.29, 1.82) is 0 Å². The number of aliphatic hydroxyl groups excluding tert-OH is 2. The van der Waals surface area contributed by atoms with Crippen LogP contribution in [-0.2, 0) is 5.41 Å². The van der Waals surface area contributed by atoms with Crippen LogP contribution in [0.2, 0.25) is 0 Å². The zero-order chi connectivity index (χ0) is 17.3. The van der Waals surface area contributed by atoms with Gasteiger partial charge in [-0.15, -0.1) is 0 Å². The van der Waals surface area contributed by atoms with E-state index in [1.165, 1.54) is 11.3 Å². The van der Waals surface area contributed by atoms with E-state index >= 15 is 0 Å². The maximum atomic E-state index is 11.7. The summed E-state index contributed by atoms with van der Waals surface area (Å²) in [5.74, 6) is 1.17. The van der Waals surface area contributed by atoms with Crippen molar-refractivity contribution in [2.45, 2.75) is 62.1 Å². The number of hydrogen-bond donors (Lipinski definition) is 2. The second-order valence-electron chi connectivity index (χ2n) is 9.58. The molecule has 5 heteroatoms. The summed E-state index contributed by atoms with van der Waals surface area (Å²) in [6.07, 6.45) is 2.67. The minimum absolute atomic E-state index is 0. The van der Waals surface area contributed by atoms with Crippen LogP contribution in [0.4, 0.5) is 5.69 Å². The van der Waals surface area contributed by atoms with Crippen LogP contribution in [-0.4, -0.2) is 59.2 Å². The molecule has 3 unspecified atom stereocenters. The Bertz CT molecular complexity index is 774. The van der Waals surface area contributed by atoms with Gasteiger partial charge in [0.15, 0.2) is 6.23 Å². The van der Waals surface area contributed by atoms with Crippen LogP contribution in [0, 0.1) is 17.8 Å². The lowest BCUT2D eigenvalue weighted by Gasteiger charge is -2.66. The summed E-state index contributed by atoms with van der Waals surface area (Å²) in [6, 6.07) is 9.87. The monoisotopic (exact) mass is 468 g/mol. The highest BCUT2D eigenvalue weighted by Gasteiger charge is 2.82. The third-order valence-electron chi connectivity index (χ3n) is 9.39. The molecule has 10 atom stereocenters. The second kappa shape index (κ2) is 5.16. The number of likely N-dealkylation sites (N-methyl/N-ethyl adjacent to an activating group) is 2. The van der Waals surface area contributed by atoms with Gasteiger partial charge in [-0.2, -0.15) is 0 Å². The number of nitrogens with zero attached hydrogens (tertiary/aromatic N) is 2. The fourth-order valence-electron chi connectivity index (χ4n) is 8.58. The van der Waals surface area contributed by atoms with Crippen molar-refractivity contribution >= 4 is 5.69 Å². The lowest BCUT2D eigenvalue weighted by Crippen LogP contribution is -3.00. The molecule has 1 aromatic rings. The number of para-hydroxylation sites is 1. The Kier molecular flexibility index (Phi) is 3.51. The van der Waals surface area contributed by atoms with E-state index < -0.39 is 0 Å². The number of piperidine rings is 4. The largest absolute Gasteiger partial charge is 1.00 e. The molecule has 26 heavy (non-hydrogen) atoms. The lowest BCUT2D eigenvalue weighted by atomic mass is 9.61. The molecule has 0 aromatic heterocycles. The standard InChI is InChI=1S/C21H29N2O2.HI/c1-4-11-12-9-15-18-21(13-7-5-6-8-14(13)22(18)2)10-16(17(12)19(21)24)23(15,3)20(11)25;/h5-8,11-12,15-20,24-25H,4,9-10H2,1-3H3;1H/q+1;/p-1/t11-,12+,15?,16-,17?,18-,19+,20+,21+,23?;/m0./s1. The van der Waals surface area contributed by atoms with Crippen LogP contribution in [0.5, 0.6) is 0 Å². The Labute approximate surface area is 172 Å². The van der Waals surface area contributed by atoms with Gasteiger partial charge < -0.3 is 39.1 Å². The van der Waals surface area contributed by atoms with Crippen molar-refractivity contribution in [3.63, 3.8) is 0 Å². The molecule has 1 spiro atoms. The number of hydrogen-bond acceptors (Lipinski definition) is 3. The molecule has 4 saturated heterocycles. The summed E-state index contributed by atoms with van der Waals surface area (Å²) in [7, 11) is 4.51. The number of aliphatic hydroxyl groups is 2. The second-order valence-corrected chi connectivity index (χ2v) is 9.58. The average molecular weight is 468 g/mol. The van der Waals surface area contributed by atoms with Gasteiger partial charge in [0.25, 0.3) is 0 Å². The summed E-state index contributed by atoms with van der Waals surface area (Å²) in [4.78, 5) is 2.44. The Morgan fingerprint density at radius 2 is 1.96 bits per heavy atom. The van der Waals surface area contributed by atoms with Gasteiger partial charge >= 0.3 is 0 Å². The van der Waals surface area contributed by atoms with Crippen molar-refractivity contribution in [3.05, 3.63) is 29.8 Å². The summed E-state index contributed by atoms with van der Waals surface area (Å²) in [5, 5.41) is 23.1. The van der Waals surface area contributed by atoms with E-state index in [-0.39, 0.29) is 41.7 Å². The number of quaternary nitrogens is 1. The smallest absolute Gasteiger partial charge is 0.193 e. The molecule has 6 aliphatic rings.